The van der Waals surface area contributed by atoms with Gasteiger partial charge in [-0.25, -0.2) is 9.67 Å². The van der Waals surface area contributed by atoms with Gasteiger partial charge < -0.3 is 5.32 Å². The SMILES string of the molecule is Cc1cc(C)n(-c2cncc(NCc3cccnc3)n2)n1. The number of anilines is 1. The van der Waals surface area contributed by atoms with Crippen molar-refractivity contribution < 1.29 is 0 Å². The van der Waals surface area contributed by atoms with Crippen LogP contribution in [-0.4, -0.2) is 24.7 Å². The van der Waals surface area contributed by atoms with Crippen molar-refractivity contribution in [2.45, 2.75) is 20.4 Å². The van der Waals surface area contributed by atoms with Crippen LogP contribution in [0.4, 0.5) is 5.82 Å². The summed E-state index contributed by atoms with van der Waals surface area (Å²) in [5, 5.41) is 7.66. The van der Waals surface area contributed by atoms with E-state index in [1.807, 2.05) is 38.2 Å². The van der Waals surface area contributed by atoms with Crippen LogP contribution in [0.15, 0.2) is 43.0 Å². The second-order valence-electron chi connectivity index (χ2n) is 4.82. The highest BCUT2D eigenvalue weighted by Crippen LogP contribution is 2.11. The van der Waals surface area contributed by atoms with Crippen molar-refractivity contribution >= 4 is 5.82 Å². The predicted octanol–water partition coefficient (Wildman–Crippen LogP) is 2.29. The van der Waals surface area contributed by atoms with Crippen molar-refractivity contribution in [2.24, 2.45) is 0 Å². The van der Waals surface area contributed by atoms with Crippen LogP contribution in [0.3, 0.4) is 0 Å². The van der Waals surface area contributed by atoms with Gasteiger partial charge in [-0.05, 0) is 31.5 Å². The number of pyridine rings is 1. The van der Waals surface area contributed by atoms with E-state index in [1.54, 1.807) is 23.3 Å². The lowest BCUT2D eigenvalue weighted by molar-refractivity contribution is 0.799. The maximum absolute atomic E-state index is 4.54. The first kappa shape index (κ1) is 13.2. The molecule has 0 aromatic carbocycles. The molecule has 0 atom stereocenters. The summed E-state index contributed by atoms with van der Waals surface area (Å²) in [6.07, 6.45) is 6.98. The Hall–Kier alpha value is -2.76. The third kappa shape index (κ3) is 3.05. The Bertz CT molecular complexity index is 735. The smallest absolute Gasteiger partial charge is 0.174 e. The third-order valence-electron chi connectivity index (χ3n) is 3.04. The van der Waals surface area contributed by atoms with Gasteiger partial charge in [0.1, 0.15) is 5.82 Å². The molecule has 0 aliphatic heterocycles. The van der Waals surface area contributed by atoms with Gasteiger partial charge in [-0.1, -0.05) is 6.07 Å². The normalized spacial score (nSPS) is 10.6. The molecule has 0 fully saturated rings. The van der Waals surface area contributed by atoms with Crippen LogP contribution in [-0.2, 0) is 6.54 Å². The van der Waals surface area contributed by atoms with Crippen LogP contribution in [0.25, 0.3) is 5.82 Å². The zero-order chi connectivity index (χ0) is 14.7. The summed E-state index contributed by atoms with van der Waals surface area (Å²) in [6, 6.07) is 5.94. The minimum Gasteiger partial charge on any atom is -0.365 e. The van der Waals surface area contributed by atoms with Gasteiger partial charge in [-0.2, -0.15) is 5.10 Å². The molecule has 0 spiro atoms. The highest BCUT2D eigenvalue weighted by molar-refractivity contribution is 5.37. The van der Waals surface area contributed by atoms with E-state index in [4.69, 9.17) is 0 Å². The number of nitrogens with one attached hydrogen (secondary N) is 1. The van der Waals surface area contributed by atoms with Crippen molar-refractivity contribution in [3.8, 4) is 5.82 Å². The van der Waals surface area contributed by atoms with Gasteiger partial charge >= 0.3 is 0 Å². The number of hydrogen-bond donors (Lipinski definition) is 1. The van der Waals surface area contributed by atoms with E-state index in [1.165, 1.54) is 0 Å². The molecule has 3 rings (SSSR count). The monoisotopic (exact) mass is 280 g/mol. The topological polar surface area (TPSA) is 68.5 Å². The van der Waals surface area contributed by atoms with Crippen LogP contribution in [0.5, 0.6) is 0 Å². The Morgan fingerprint density at radius 1 is 1.14 bits per heavy atom. The Labute approximate surface area is 122 Å². The molecule has 3 aromatic heterocycles. The fraction of sp³-hybridized carbons (Fsp3) is 0.200. The molecule has 0 saturated heterocycles. The second-order valence-corrected chi connectivity index (χ2v) is 4.82. The zero-order valence-corrected chi connectivity index (χ0v) is 12.0. The average molecular weight is 280 g/mol. The van der Waals surface area contributed by atoms with Crippen LogP contribution >= 0.6 is 0 Å². The van der Waals surface area contributed by atoms with E-state index in [2.05, 4.69) is 25.4 Å². The molecule has 3 aromatic rings. The zero-order valence-electron chi connectivity index (χ0n) is 12.0. The van der Waals surface area contributed by atoms with Gasteiger partial charge in [0.05, 0.1) is 18.1 Å². The summed E-state index contributed by atoms with van der Waals surface area (Å²) < 4.78 is 1.79. The standard InChI is InChI=1S/C15H16N6/c1-11-6-12(2)21(20-11)15-10-17-9-14(19-15)18-8-13-4-3-5-16-7-13/h3-7,9-10H,8H2,1-2H3,(H,18,19). The first-order valence-corrected chi connectivity index (χ1v) is 6.71. The first-order valence-electron chi connectivity index (χ1n) is 6.71. The van der Waals surface area contributed by atoms with E-state index >= 15 is 0 Å². The first-order chi connectivity index (χ1) is 10.2. The van der Waals surface area contributed by atoms with Gasteiger partial charge in [-0.15, -0.1) is 0 Å². The Morgan fingerprint density at radius 3 is 2.76 bits per heavy atom. The molecule has 6 nitrogen and oxygen atoms in total. The average Bonchev–Trinajstić information content (AvgIpc) is 2.85. The van der Waals surface area contributed by atoms with Crippen molar-refractivity contribution in [1.29, 1.82) is 0 Å². The largest absolute Gasteiger partial charge is 0.365 e. The maximum Gasteiger partial charge on any atom is 0.174 e. The number of nitrogens with zero attached hydrogens (tertiary/aromatic N) is 5. The van der Waals surface area contributed by atoms with Crippen LogP contribution in [0.1, 0.15) is 17.0 Å². The maximum atomic E-state index is 4.54. The summed E-state index contributed by atoms with van der Waals surface area (Å²) in [6.45, 7) is 4.61. The molecule has 0 amide bonds. The molecule has 0 radical (unpaired) electrons. The lowest BCUT2D eigenvalue weighted by Crippen LogP contribution is -2.07. The minimum atomic E-state index is 0.656. The number of aromatic nitrogens is 5. The van der Waals surface area contributed by atoms with Gasteiger partial charge in [0.2, 0.25) is 0 Å². The fourth-order valence-corrected chi connectivity index (χ4v) is 2.10. The molecule has 3 heterocycles. The van der Waals surface area contributed by atoms with Crippen LogP contribution in [0.2, 0.25) is 0 Å². The number of aryl methyl sites for hydroxylation is 2. The van der Waals surface area contributed by atoms with Crippen LogP contribution in [0, 0.1) is 13.8 Å². The number of rotatable bonds is 4. The van der Waals surface area contributed by atoms with E-state index in [0.29, 0.717) is 18.2 Å². The molecule has 0 aliphatic rings. The lowest BCUT2D eigenvalue weighted by atomic mass is 10.3. The molecular formula is C15H16N6. The molecule has 1 N–H and O–H groups in total. The van der Waals surface area contributed by atoms with Crippen molar-refractivity contribution in [2.75, 3.05) is 5.32 Å². The summed E-state index contributed by atoms with van der Waals surface area (Å²) in [4.78, 5) is 12.8. The Kier molecular flexibility index (Phi) is 3.59. The summed E-state index contributed by atoms with van der Waals surface area (Å²) in [5.74, 6) is 1.42. The molecule has 0 saturated carbocycles. The number of hydrogen-bond acceptors (Lipinski definition) is 5. The predicted molar refractivity (Wildman–Crippen MR) is 80.2 cm³/mol. The van der Waals surface area contributed by atoms with Crippen molar-refractivity contribution in [3.63, 3.8) is 0 Å². The second kappa shape index (κ2) is 5.70. The van der Waals surface area contributed by atoms with E-state index in [0.717, 1.165) is 17.0 Å². The van der Waals surface area contributed by atoms with Gasteiger partial charge in [-0.3, -0.25) is 9.97 Å². The summed E-state index contributed by atoms with van der Waals surface area (Å²) in [5.41, 5.74) is 3.09. The molecule has 6 heteroatoms. The molecule has 0 aliphatic carbocycles. The van der Waals surface area contributed by atoms with Gasteiger partial charge in [0.25, 0.3) is 0 Å². The molecule has 0 bridgehead atoms. The summed E-state index contributed by atoms with van der Waals surface area (Å²) in [7, 11) is 0. The highest BCUT2D eigenvalue weighted by atomic mass is 15.3. The lowest BCUT2D eigenvalue weighted by Gasteiger charge is -2.07. The highest BCUT2D eigenvalue weighted by Gasteiger charge is 2.06. The van der Waals surface area contributed by atoms with Gasteiger partial charge in [0.15, 0.2) is 5.82 Å². The van der Waals surface area contributed by atoms with Crippen molar-refractivity contribution in [1.82, 2.24) is 24.7 Å². The Morgan fingerprint density at radius 2 is 2.05 bits per heavy atom. The van der Waals surface area contributed by atoms with Gasteiger partial charge in [0, 0.05) is 24.6 Å². The third-order valence-corrected chi connectivity index (χ3v) is 3.04. The molecule has 106 valence electrons. The molecular weight excluding hydrogens is 264 g/mol. The van der Waals surface area contributed by atoms with E-state index in [-0.39, 0.29) is 0 Å². The van der Waals surface area contributed by atoms with E-state index in [9.17, 15) is 0 Å². The Balaban J connectivity index is 1.79. The quantitative estimate of drug-likeness (QED) is 0.794. The fourth-order valence-electron chi connectivity index (χ4n) is 2.10. The van der Waals surface area contributed by atoms with E-state index < -0.39 is 0 Å². The van der Waals surface area contributed by atoms with Crippen LogP contribution < -0.4 is 5.32 Å². The minimum absolute atomic E-state index is 0.656. The molecule has 0 unspecified atom stereocenters. The summed E-state index contributed by atoms with van der Waals surface area (Å²) >= 11 is 0. The van der Waals surface area contributed by atoms with Crippen molar-refractivity contribution in [3.05, 3.63) is 59.9 Å². The molecule has 21 heavy (non-hydrogen) atoms.